The topological polar surface area (TPSA) is 59.1 Å². The van der Waals surface area contributed by atoms with E-state index >= 15 is 0 Å². The Bertz CT molecular complexity index is 1190. The van der Waals surface area contributed by atoms with Gasteiger partial charge in [0.1, 0.15) is 5.70 Å². The van der Waals surface area contributed by atoms with Gasteiger partial charge in [-0.15, -0.1) is 0 Å². The van der Waals surface area contributed by atoms with Crippen molar-refractivity contribution < 1.29 is 19.1 Å². The third-order valence-electron chi connectivity index (χ3n) is 5.66. The molecule has 3 aromatic rings. The van der Waals surface area contributed by atoms with Crippen molar-refractivity contribution in [3.05, 3.63) is 95.7 Å². The van der Waals surface area contributed by atoms with E-state index in [4.69, 9.17) is 9.47 Å². The number of methoxy groups -OCH3 is 2. The Morgan fingerprint density at radius 1 is 0.788 bits per heavy atom. The number of likely N-dealkylation sites (N-methyl/N-ethyl adjacent to an activating group) is 1. The summed E-state index contributed by atoms with van der Waals surface area (Å²) in [6.07, 6.45) is 0. The van der Waals surface area contributed by atoms with Gasteiger partial charge in [-0.05, 0) is 30.2 Å². The summed E-state index contributed by atoms with van der Waals surface area (Å²) in [5.74, 6) is 0.252. The quantitative estimate of drug-likeness (QED) is 0.481. The Kier molecular flexibility index (Phi) is 6.45. The van der Waals surface area contributed by atoms with Gasteiger partial charge in [0.05, 0.1) is 25.5 Å². The Hall–Kier alpha value is -4.06. The van der Waals surface area contributed by atoms with Gasteiger partial charge in [0.25, 0.3) is 11.8 Å². The van der Waals surface area contributed by atoms with Gasteiger partial charge in [-0.2, -0.15) is 0 Å². The van der Waals surface area contributed by atoms with Crippen molar-refractivity contribution in [3.63, 3.8) is 0 Å². The molecule has 0 unspecified atom stereocenters. The highest BCUT2D eigenvalue weighted by atomic mass is 16.5. The van der Waals surface area contributed by atoms with Crippen LogP contribution in [0, 0.1) is 0 Å². The van der Waals surface area contributed by atoms with Gasteiger partial charge in [0.15, 0.2) is 11.5 Å². The SMILES string of the molecule is CCN(Cc1ccccc1)C1=C(c2ccccc2)C(=O)N(c2ccc(OC)c(OC)c2)C1=O. The van der Waals surface area contributed by atoms with Crippen molar-refractivity contribution in [1.82, 2.24) is 4.90 Å². The molecule has 0 saturated heterocycles. The van der Waals surface area contributed by atoms with Crippen molar-refractivity contribution in [2.45, 2.75) is 13.5 Å². The van der Waals surface area contributed by atoms with E-state index in [2.05, 4.69) is 0 Å². The summed E-state index contributed by atoms with van der Waals surface area (Å²) in [5.41, 5.74) is 2.99. The van der Waals surface area contributed by atoms with Crippen molar-refractivity contribution in [2.75, 3.05) is 25.7 Å². The van der Waals surface area contributed by atoms with E-state index in [1.807, 2.05) is 72.5 Å². The Balaban J connectivity index is 1.81. The monoisotopic (exact) mass is 442 g/mol. The molecular weight excluding hydrogens is 416 g/mol. The lowest BCUT2D eigenvalue weighted by atomic mass is 10.0. The minimum absolute atomic E-state index is 0.358. The zero-order valence-electron chi connectivity index (χ0n) is 18.9. The van der Waals surface area contributed by atoms with E-state index in [0.29, 0.717) is 47.1 Å². The first-order valence-electron chi connectivity index (χ1n) is 10.8. The molecule has 0 bridgehead atoms. The van der Waals surface area contributed by atoms with Crippen LogP contribution in [0.4, 0.5) is 5.69 Å². The number of hydrogen-bond acceptors (Lipinski definition) is 5. The second-order valence-corrected chi connectivity index (χ2v) is 7.57. The van der Waals surface area contributed by atoms with Crippen LogP contribution in [0.1, 0.15) is 18.1 Å². The summed E-state index contributed by atoms with van der Waals surface area (Å²) in [6.45, 7) is 3.07. The number of hydrogen-bond donors (Lipinski definition) is 0. The fourth-order valence-corrected chi connectivity index (χ4v) is 4.03. The standard InChI is InChI=1S/C27H26N2O4/c1-4-28(18-19-11-7-5-8-12-19)25-24(20-13-9-6-10-14-20)26(30)29(27(25)31)21-15-16-22(32-2)23(17-21)33-3/h5-17H,4,18H2,1-3H3. The third kappa shape index (κ3) is 4.20. The van der Waals surface area contributed by atoms with Crippen LogP contribution in [0.5, 0.6) is 11.5 Å². The van der Waals surface area contributed by atoms with Gasteiger partial charge < -0.3 is 14.4 Å². The van der Waals surface area contributed by atoms with Crippen LogP contribution in [0.25, 0.3) is 5.57 Å². The summed E-state index contributed by atoms with van der Waals surface area (Å²) in [4.78, 5) is 30.7. The van der Waals surface area contributed by atoms with Crippen molar-refractivity contribution >= 4 is 23.1 Å². The predicted molar refractivity (Wildman–Crippen MR) is 128 cm³/mol. The van der Waals surface area contributed by atoms with E-state index in [9.17, 15) is 9.59 Å². The highest BCUT2D eigenvalue weighted by Crippen LogP contribution is 2.38. The Morgan fingerprint density at radius 3 is 2.03 bits per heavy atom. The van der Waals surface area contributed by atoms with Gasteiger partial charge in [-0.3, -0.25) is 9.59 Å². The van der Waals surface area contributed by atoms with E-state index in [1.54, 1.807) is 25.3 Å². The molecule has 168 valence electrons. The molecule has 0 radical (unpaired) electrons. The molecule has 4 rings (SSSR count). The minimum atomic E-state index is -0.361. The minimum Gasteiger partial charge on any atom is -0.493 e. The average Bonchev–Trinajstić information content (AvgIpc) is 3.12. The van der Waals surface area contributed by atoms with Gasteiger partial charge in [0.2, 0.25) is 0 Å². The van der Waals surface area contributed by atoms with Crippen molar-refractivity contribution in [2.24, 2.45) is 0 Å². The van der Waals surface area contributed by atoms with Crippen LogP contribution >= 0.6 is 0 Å². The van der Waals surface area contributed by atoms with Crippen LogP contribution in [-0.2, 0) is 16.1 Å². The number of imide groups is 1. The van der Waals surface area contributed by atoms with Crippen LogP contribution in [0.3, 0.4) is 0 Å². The molecule has 2 amide bonds. The Morgan fingerprint density at radius 2 is 1.42 bits per heavy atom. The summed E-state index contributed by atoms with van der Waals surface area (Å²) in [7, 11) is 3.06. The van der Waals surface area contributed by atoms with Crippen LogP contribution < -0.4 is 14.4 Å². The molecule has 0 N–H and O–H groups in total. The molecule has 0 spiro atoms. The number of carbonyl (C=O) groups excluding carboxylic acids is 2. The number of anilines is 1. The highest BCUT2D eigenvalue weighted by molar-refractivity contribution is 6.45. The number of amides is 2. The summed E-state index contributed by atoms with van der Waals surface area (Å²) in [6, 6.07) is 24.3. The van der Waals surface area contributed by atoms with Gasteiger partial charge >= 0.3 is 0 Å². The molecule has 6 heteroatoms. The van der Waals surface area contributed by atoms with Crippen LogP contribution in [0.15, 0.2) is 84.6 Å². The molecule has 0 aromatic heterocycles. The number of rotatable bonds is 8. The number of nitrogens with zero attached hydrogens (tertiary/aromatic N) is 2. The van der Waals surface area contributed by atoms with E-state index in [1.165, 1.54) is 12.0 Å². The van der Waals surface area contributed by atoms with Gasteiger partial charge in [0, 0.05) is 19.2 Å². The second kappa shape index (κ2) is 9.61. The second-order valence-electron chi connectivity index (χ2n) is 7.57. The fraction of sp³-hybridized carbons (Fsp3) is 0.185. The number of benzene rings is 3. The lowest BCUT2D eigenvalue weighted by molar-refractivity contribution is -0.120. The molecule has 33 heavy (non-hydrogen) atoms. The first-order chi connectivity index (χ1) is 16.1. The number of ether oxygens (including phenoxy) is 2. The summed E-state index contributed by atoms with van der Waals surface area (Å²) < 4.78 is 10.7. The zero-order valence-corrected chi connectivity index (χ0v) is 18.9. The maximum Gasteiger partial charge on any atom is 0.282 e. The lowest BCUT2D eigenvalue weighted by Crippen LogP contribution is -2.35. The number of carbonyl (C=O) groups is 2. The van der Waals surface area contributed by atoms with Crippen LogP contribution in [0.2, 0.25) is 0 Å². The van der Waals surface area contributed by atoms with Crippen LogP contribution in [-0.4, -0.2) is 37.5 Å². The normalized spacial score (nSPS) is 13.5. The Labute approximate surface area is 193 Å². The average molecular weight is 443 g/mol. The molecule has 0 aliphatic carbocycles. The van der Waals surface area contributed by atoms with Gasteiger partial charge in [-0.1, -0.05) is 60.7 Å². The first-order valence-corrected chi connectivity index (χ1v) is 10.8. The van der Waals surface area contributed by atoms with E-state index < -0.39 is 0 Å². The maximum atomic E-state index is 13.8. The van der Waals surface area contributed by atoms with E-state index in [-0.39, 0.29) is 11.8 Å². The molecule has 1 aliphatic rings. The molecule has 0 atom stereocenters. The molecule has 1 heterocycles. The van der Waals surface area contributed by atoms with Crippen molar-refractivity contribution in [1.29, 1.82) is 0 Å². The zero-order chi connectivity index (χ0) is 23.4. The molecule has 0 saturated carbocycles. The first kappa shape index (κ1) is 22.1. The van der Waals surface area contributed by atoms with Crippen molar-refractivity contribution in [3.8, 4) is 11.5 Å². The lowest BCUT2D eigenvalue weighted by Gasteiger charge is -2.25. The van der Waals surface area contributed by atoms with Gasteiger partial charge in [-0.25, -0.2) is 4.90 Å². The predicted octanol–water partition coefficient (Wildman–Crippen LogP) is 4.51. The summed E-state index contributed by atoms with van der Waals surface area (Å²) in [5, 5.41) is 0. The third-order valence-corrected chi connectivity index (χ3v) is 5.66. The fourth-order valence-electron chi connectivity index (χ4n) is 4.03. The van der Waals surface area contributed by atoms with E-state index in [0.717, 1.165) is 5.56 Å². The largest absolute Gasteiger partial charge is 0.493 e. The molecule has 3 aromatic carbocycles. The maximum absolute atomic E-state index is 13.8. The molecule has 6 nitrogen and oxygen atoms in total. The summed E-state index contributed by atoms with van der Waals surface area (Å²) >= 11 is 0. The molecule has 1 aliphatic heterocycles. The highest BCUT2D eigenvalue weighted by Gasteiger charge is 2.42. The smallest absolute Gasteiger partial charge is 0.282 e. The molecular formula is C27H26N2O4. The molecule has 0 fully saturated rings.